The highest BCUT2D eigenvalue weighted by molar-refractivity contribution is 5.93. The molecule has 102 valence electrons. The first-order valence-electron chi connectivity index (χ1n) is 7.00. The average molecular weight is 266 g/mol. The first-order chi connectivity index (χ1) is 9.83. The van der Waals surface area contributed by atoms with E-state index in [-0.39, 0.29) is 11.8 Å². The van der Waals surface area contributed by atoms with Crippen molar-refractivity contribution in [3.8, 4) is 11.1 Å². The number of nitrogens with one attached hydrogen (secondary N) is 2. The van der Waals surface area contributed by atoms with Crippen molar-refractivity contribution in [3.05, 3.63) is 54.6 Å². The normalized spacial score (nSPS) is 17.9. The number of hydrogen-bond acceptors (Lipinski definition) is 2. The van der Waals surface area contributed by atoms with Crippen LogP contribution in [0.1, 0.15) is 6.42 Å². The second kappa shape index (κ2) is 5.88. The van der Waals surface area contributed by atoms with E-state index in [4.69, 9.17) is 0 Å². The predicted octanol–water partition coefficient (Wildman–Crippen LogP) is 2.90. The maximum absolute atomic E-state index is 12.1. The summed E-state index contributed by atoms with van der Waals surface area (Å²) in [5, 5.41) is 6.23. The Bertz CT molecular complexity index is 589. The van der Waals surface area contributed by atoms with Crippen molar-refractivity contribution in [2.75, 3.05) is 18.4 Å². The predicted molar refractivity (Wildman–Crippen MR) is 81.5 cm³/mol. The lowest BCUT2D eigenvalue weighted by molar-refractivity contribution is -0.119. The SMILES string of the molecule is O=C(Nc1cccc(-c2ccccc2)c1)C1CCNC1. The molecular formula is C17H18N2O. The van der Waals surface area contributed by atoms with Crippen LogP contribution in [0.15, 0.2) is 54.6 Å². The zero-order valence-corrected chi connectivity index (χ0v) is 11.3. The number of hydrogen-bond donors (Lipinski definition) is 2. The summed E-state index contributed by atoms with van der Waals surface area (Å²) in [5.41, 5.74) is 3.14. The van der Waals surface area contributed by atoms with Crippen LogP contribution < -0.4 is 10.6 Å². The fraction of sp³-hybridized carbons (Fsp3) is 0.235. The zero-order chi connectivity index (χ0) is 13.8. The van der Waals surface area contributed by atoms with Gasteiger partial charge in [-0.05, 0) is 36.2 Å². The molecule has 1 aliphatic heterocycles. The summed E-state index contributed by atoms with van der Waals surface area (Å²) in [7, 11) is 0. The van der Waals surface area contributed by atoms with Crippen LogP contribution >= 0.6 is 0 Å². The molecule has 3 rings (SSSR count). The Morgan fingerprint density at radius 3 is 2.60 bits per heavy atom. The first kappa shape index (κ1) is 12.9. The van der Waals surface area contributed by atoms with Gasteiger partial charge >= 0.3 is 0 Å². The summed E-state index contributed by atoms with van der Waals surface area (Å²) in [4.78, 5) is 12.1. The molecule has 0 aromatic heterocycles. The molecule has 0 spiro atoms. The molecule has 2 aromatic carbocycles. The van der Waals surface area contributed by atoms with Gasteiger partial charge in [-0.2, -0.15) is 0 Å². The van der Waals surface area contributed by atoms with E-state index in [9.17, 15) is 4.79 Å². The molecule has 3 nitrogen and oxygen atoms in total. The van der Waals surface area contributed by atoms with Crippen molar-refractivity contribution in [3.63, 3.8) is 0 Å². The summed E-state index contributed by atoms with van der Waals surface area (Å²) in [5.74, 6) is 0.204. The summed E-state index contributed by atoms with van der Waals surface area (Å²) in [6, 6.07) is 18.2. The second-order valence-electron chi connectivity index (χ2n) is 5.13. The average Bonchev–Trinajstić information content (AvgIpc) is 3.03. The van der Waals surface area contributed by atoms with Crippen molar-refractivity contribution >= 4 is 11.6 Å². The van der Waals surface area contributed by atoms with Crippen molar-refractivity contribution in [1.82, 2.24) is 5.32 Å². The number of carbonyl (C=O) groups is 1. The lowest BCUT2D eigenvalue weighted by Crippen LogP contribution is -2.24. The molecule has 0 saturated carbocycles. The lowest BCUT2D eigenvalue weighted by atomic mass is 10.0. The van der Waals surface area contributed by atoms with Crippen molar-refractivity contribution in [1.29, 1.82) is 0 Å². The van der Waals surface area contributed by atoms with E-state index in [0.29, 0.717) is 0 Å². The van der Waals surface area contributed by atoms with Gasteiger partial charge in [0.25, 0.3) is 0 Å². The third-order valence-electron chi connectivity index (χ3n) is 3.67. The molecule has 1 heterocycles. The Hall–Kier alpha value is -2.13. The van der Waals surface area contributed by atoms with E-state index >= 15 is 0 Å². The fourth-order valence-corrected chi connectivity index (χ4v) is 2.53. The summed E-state index contributed by atoms with van der Waals surface area (Å²) >= 11 is 0. The monoisotopic (exact) mass is 266 g/mol. The van der Waals surface area contributed by atoms with Gasteiger partial charge in [0.2, 0.25) is 5.91 Å². The molecule has 1 atom stereocenters. The summed E-state index contributed by atoms with van der Waals surface area (Å²) < 4.78 is 0. The Balaban J connectivity index is 1.76. The van der Waals surface area contributed by atoms with Crippen LogP contribution in [-0.2, 0) is 4.79 Å². The van der Waals surface area contributed by atoms with E-state index < -0.39 is 0 Å². The number of anilines is 1. The van der Waals surface area contributed by atoms with E-state index in [2.05, 4.69) is 28.8 Å². The number of carbonyl (C=O) groups excluding carboxylic acids is 1. The fourth-order valence-electron chi connectivity index (χ4n) is 2.53. The van der Waals surface area contributed by atoms with Gasteiger partial charge in [-0.25, -0.2) is 0 Å². The maximum Gasteiger partial charge on any atom is 0.228 e. The van der Waals surface area contributed by atoms with Crippen LogP contribution in [0.2, 0.25) is 0 Å². The molecule has 0 bridgehead atoms. The van der Waals surface area contributed by atoms with Crippen molar-refractivity contribution in [2.24, 2.45) is 5.92 Å². The van der Waals surface area contributed by atoms with Gasteiger partial charge in [0.1, 0.15) is 0 Å². The highest BCUT2D eigenvalue weighted by Gasteiger charge is 2.22. The zero-order valence-electron chi connectivity index (χ0n) is 11.3. The van der Waals surface area contributed by atoms with E-state index in [1.807, 2.05) is 36.4 Å². The number of benzene rings is 2. The van der Waals surface area contributed by atoms with E-state index in [1.54, 1.807) is 0 Å². The van der Waals surface area contributed by atoms with Crippen LogP contribution in [0, 0.1) is 5.92 Å². The molecule has 2 aromatic rings. The summed E-state index contributed by atoms with van der Waals surface area (Å²) in [6.45, 7) is 1.71. The van der Waals surface area contributed by atoms with Crippen molar-refractivity contribution < 1.29 is 4.79 Å². The van der Waals surface area contributed by atoms with Gasteiger partial charge in [0.15, 0.2) is 0 Å². The minimum Gasteiger partial charge on any atom is -0.326 e. The largest absolute Gasteiger partial charge is 0.326 e. The molecule has 1 unspecified atom stereocenters. The molecular weight excluding hydrogens is 248 g/mol. The van der Waals surface area contributed by atoms with Crippen LogP contribution in [-0.4, -0.2) is 19.0 Å². The smallest absolute Gasteiger partial charge is 0.228 e. The van der Waals surface area contributed by atoms with Gasteiger partial charge in [-0.3, -0.25) is 4.79 Å². The van der Waals surface area contributed by atoms with Crippen LogP contribution in [0.3, 0.4) is 0 Å². The molecule has 1 saturated heterocycles. The van der Waals surface area contributed by atoms with Crippen molar-refractivity contribution in [2.45, 2.75) is 6.42 Å². The Kier molecular flexibility index (Phi) is 3.79. The number of rotatable bonds is 3. The molecule has 1 amide bonds. The van der Waals surface area contributed by atoms with Crippen LogP contribution in [0.5, 0.6) is 0 Å². The van der Waals surface area contributed by atoms with Gasteiger partial charge in [0, 0.05) is 12.2 Å². The van der Waals surface area contributed by atoms with Gasteiger partial charge < -0.3 is 10.6 Å². The first-order valence-corrected chi connectivity index (χ1v) is 7.00. The minimum absolute atomic E-state index is 0.0929. The standard InChI is InChI=1S/C17H18N2O/c20-17(15-9-10-18-12-15)19-16-8-4-7-14(11-16)13-5-2-1-3-6-13/h1-8,11,15,18H,9-10,12H2,(H,19,20). The topological polar surface area (TPSA) is 41.1 Å². The molecule has 20 heavy (non-hydrogen) atoms. The Labute approximate surface area is 119 Å². The van der Waals surface area contributed by atoms with E-state index in [1.165, 1.54) is 0 Å². The molecule has 0 radical (unpaired) electrons. The second-order valence-corrected chi connectivity index (χ2v) is 5.13. The maximum atomic E-state index is 12.1. The van der Waals surface area contributed by atoms with E-state index in [0.717, 1.165) is 36.3 Å². The molecule has 1 aliphatic rings. The van der Waals surface area contributed by atoms with Gasteiger partial charge in [-0.15, -0.1) is 0 Å². The van der Waals surface area contributed by atoms with Crippen LogP contribution in [0.4, 0.5) is 5.69 Å². The van der Waals surface area contributed by atoms with Crippen LogP contribution in [0.25, 0.3) is 11.1 Å². The molecule has 3 heteroatoms. The molecule has 1 fully saturated rings. The number of amides is 1. The third-order valence-corrected chi connectivity index (χ3v) is 3.67. The minimum atomic E-state index is 0.0929. The quantitative estimate of drug-likeness (QED) is 0.897. The van der Waals surface area contributed by atoms with Gasteiger partial charge in [-0.1, -0.05) is 42.5 Å². The van der Waals surface area contributed by atoms with Gasteiger partial charge in [0.05, 0.1) is 5.92 Å². The molecule has 0 aliphatic carbocycles. The summed E-state index contributed by atoms with van der Waals surface area (Å²) in [6.07, 6.45) is 0.921. The lowest BCUT2D eigenvalue weighted by Gasteiger charge is -2.11. The Morgan fingerprint density at radius 2 is 1.85 bits per heavy atom. The molecule has 2 N–H and O–H groups in total. The third kappa shape index (κ3) is 2.89. The Morgan fingerprint density at radius 1 is 1.05 bits per heavy atom. The highest BCUT2D eigenvalue weighted by Crippen LogP contribution is 2.23. The highest BCUT2D eigenvalue weighted by atomic mass is 16.1.